The van der Waals surface area contributed by atoms with Crippen molar-refractivity contribution >= 4 is 11.8 Å². The Morgan fingerprint density at radius 2 is 1.94 bits per heavy atom. The molecule has 1 aliphatic rings. The van der Waals surface area contributed by atoms with Crippen LogP contribution in [0.15, 0.2) is 0 Å². The summed E-state index contributed by atoms with van der Waals surface area (Å²) in [6.45, 7) is 3.86. The summed E-state index contributed by atoms with van der Waals surface area (Å²) < 4.78 is 0. The van der Waals surface area contributed by atoms with Gasteiger partial charge in [0.25, 0.3) is 0 Å². The highest BCUT2D eigenvalue weighted by Crippen LogP contribution is 2.29. The zero-order chi connectivity index (χ0) is 12.2. The van der Waals surface area contributed by atoms with Crippen molar-refractivity contribution in [3.8, 4) is 0 Å². The molecule has 0 aromatic rings. The van der Waals surface area contributed by atoms with Gasteiger partial charge in [-0.3, -0.25) is 9.59 Å². The van der Waals surface area contributed by atoms with Crippen LogP contribution in [0.25, 0.3) is 0 Å². The molecule has 1 fully saturated rings. The van der Waals surface area contributed by atoms with Crippen LogP contribution in [0, 0.1) is 5.41 Å². The number of nitrogens with one attached hydrogen (secondary N) is 2. The van der Waals surface area contributed by atoms with E-state index in [1.807, 2.05) is 6.92 Å². The van der Waals surface area contributed by atoms with E-state index in [4.69, 9.17) is 0 Å². The van der Waals surface area contributed by atoms with E-state index in [1.54, 1.807) is 14.1 Å². The Labute approximate surface area is 96.6 Å². The van der Waals surface area contributed by atoms with Crippen molar-refractivity contribution in [2.24, 2.45) is 5.41 Å². The Morgan fingerprint density at radius 3 is 2.44 bits per heavy atom. The van der Waals surface area contributed by atoms with E-state index in [-0.39, 0.29) is 23.8 Å². The van der Waals surface area contributed by atoms with Gasteiger partial charge >= 0.3 is 0 Å². The second kappa shape index (κ2) is 5.30. The van der Waals surface area contributed by atoms with Gasteiger partial charge in [-0.15, -0.1) is 0 Å². The predicted molar refractivity (Wildman–Crippen MR) is 61.9 cm³/mol. The van der Waals surface area contributed by atoms with Crippen LogP contribution in [-0.2, 0) is 9.59 Å². The van der Waals surface area contributed by atoms with Gasteiger partial charge in [0, 0.05) is 19.5 Å². The van der Waals surface area contributed by atoms with Crippen molar-refractivity contribution in [1.29, 1.82) is 0 Å². The topological polar surface area (TPSA) is 61.4 Å². The van der Waals surface area contributed by atoms with E-state index in [1.165, 1.54) is 4.90 Å². The van der Waals surface area contributed by atoms with Gasteiger partial charge in [0.05, 0.1) is 6.54 Å². The third-order valence-electron chi connectivity index (χ3n) is 3.23. The molecular formula is C11H21N3O2. The molecule has 0 atom stereocenters. The zero-order valence-corrected chi connectivity index (χ0v) is 10.3. The SMILES string of the molecule is CNC(=O)CN(C)C(=O)C1(C)CCNCC1. The Balaban J connectivity index is 2.58. The molecule has 1 heterocycles. The summed E-state index contributed by atoms with van der Waals surface area (Å²) in [6.07, 6.45) is 1.67. The number of hydrogen-bond acceptors (Lipinski definition) is 3. The monoisotopic (exact) mass is 227 g/mol. The molecule has 0 aromatic carbocycles. The maximum absolute atomic E-state index is 12.2. The lowest BCUT2D eigenvalue weighted by atomic mass is 9.80. The standard InChI is InChI=1S/C11H21N3O2/c1-11(4-6-13-7-5-11)10(16)14(3)8-9(15)12-2/h13H,4-8H2,1-3H3,(H,12,15). The molecule has 0 spiro atoms. The highest BCUT2D eigenvalue weighted by Gasteiger charge is 2.36. The van der Waals surface area contributed by atoms with Crippen LogP contribution >= 0.6 is 0 Å². The zero-order valence-electron chi connectivity index (χ0n) is 10.3. The molecule has 0 bridgehead atoms. The number of hydrogen-bond donors (Lipinski definition) is 2. The van der Waals surface area contributed by atoms with E-state index >= 15 is 0 Å². The number of carbonyl (C=O) groups excluding carboxylic acids is 2. The molecule has 0 radical (unpaired) electrons. The van der Waals surface area contributed by atoms with Gasteiger partial charge in [-0.2, -0.15) is 0 Å². The van der Waals surface area contributed by atoms with Crippen molar-refractivity contribution in [2.75, 3.05) is 33.7 Å². The third kappa shape index (κ3) is 2.95. The number of rotatable bonds is 3. The van der Waals surface area contributed by atoms with Gasteiger partial charge in [0.15, 0.2) is 0 Å². The fraction of sp³-hybridized carbons (Fsp3) is 0.818. The number of likely N-dealkylation sites (N-methyl/N-ethyl adjacent to an activating group) is 2. The minimum Gasteiger partial charge on any atom is -0.358 e. The van der Waals surface area contributed by atoms with Gasteiger partial charge in [0.2, 0.25) is 11.8 Å². The van der Waals surface area contributed by atoms with Gasteiger partial charge in [-0.25, -0.2) is 0 Å². The summed E-state index contributed by atoms with van der Waals surface area (Å²) in [7, 11) is 3.26. The van der Waals surface area contributed by atoms with E-state index in [0.717, 1.165) is 25.9 Å². The Bertz CT molecular complexity index is 272. The molecule has 5 nitrogen and oxygen atoms in total. The predicted octanol–water partition coefficient (Wildman–Crippen LogP) is -0.419. The highest BCUT2D eigenvalue weighted by atomic mass is 16.2. The fourth-order valence-electron chi connectivity index (χ4n) is 2.02. The average molecular weight is 227 g/mol. The van der Waals surface area contributed by atoms with Crippen LogP contribution in [0.4, 0.5) is 0 Å². The Hall–Kier alpha value is -1.10. The van der Waals surface area contributed by atoms with Crippen molar-refractivity contribution in [3.63, 3.8) is 0 Å². The average Bonchev–Trinajstić information content (AvgIpc) is 2.28. The highest BCUT2D eigenvalue weighted by molar-refractivity contribution is 5.87. The number of amides is 2. The van der Waals surface area contributed by atoms with Crippen LogP contribution < -0.4 is 10.6 Å². The first-order valence-corrected chi connectivity index (χ1v) is 5.66. The second-order valence-electron chi connectivity index (χ2n) is 4.65. The molecule has 1 rings (SSSR count). The molecule has 2 N–H and O–H groups in total. The van der Waals surface area contributed by atoms with Crippen molar-refractivity contribution < 1.29 is 9.59 Å². The quantitative estimate of drug-likeness (QED) is 0.688. The first kappa shape index (κ1) is 13.0. The van der Waals surface area contributed by atoms with Crippen molar-refractivity contribution in [3.05, 3.63) is 0 Å². The molecule has 1 aliphatic heterocycles. The summed E-state index contributed by atoms with van der Waals surface area (Å²) >= 11 is 0. The summed E-state index contributed by atoms with van der Waals surface area (Å²) in [5.41, 5.74) is -0.311. The number of carbonyl (C=O) groups is 2. The Morgan fingerprint density at radius 1 is 1.38 bits per heavy atom. The number of piperidine rings is 1. The molecular weight excluding hydrogens is 206 g/mol. The molecule has 0 aliphatic carbocycles. The van der Waals surface area contributed by atoms with Gasteiger partial charge in [-0.05, 0) is 25.9 Å². The molecule has 0 unspecified atom stereocenters. The maximum Gasteiger partial charge on any atom is 0.239 e. The van der Waals surface area contributed by atoms with E-state index in [2.05, 4.69) is 10.6 Å². The lowest BCUT2D eigenvalue weighted by Crippen LogP contribution is -2.48. The van der Waals surface area contributed by atoms with E-state index in [9.17, 15) is 9.59 Å². The smallest absolute Gasteiger partial charge is 0.239 e. The summed E-state index contributed by atoms with van der Waals surface area (Å²) in [4.78, 5) is 24.9. The van der Waals surface area contributed by atoms with Crippen LogP contribution in [0.5, 0.6) is 0 Å². The summed E-state index contributed by atoms with van der Waals surface area (Å²) in [6, 6.07) is 0. The summed E-state index contributed by atoms with van der Waals surface area (Å²) in [5, 5.41) is 5.76. The fourth-order valence-corrected chi connectivity index (χ4v) is 2.02. The van der Waals surface area contributed by atoms with Crippen LogP contribution in [0.1, 0.15) is 19.8 Å². The number of nitrogens with zero attached hydrogens (tertiary/aromatic N) is 1. The minimum atomic E-state index is -0.311. The molecule has 2 amide bonds. The van der Waals surface area contributed by atoms with Crippen molar-refractivity contribution in [2.45, 2.75) is 19.8 Å². The second-order valence-corrected chi connectivity index (χ2v) is 4.65. The summed E-state index contributed by atoms with van der Waals surface area (Å²) in [5.74, 6) is -0.0639. The molecule has 92 valence electrons. The van der Waals surface area contributed by atoms with Gasteiger partial charge < -0.3 is 15.5 Å². The minimum absolute atomic E-state index is 0.0672. The molecule has 0 aromatic heterocycles. The maximum atomic E-state index is 12.2. The molecule has 5 heteroatoms. The van der Waals surface area contributed by atoms with Crippen LogP contribution in [0.2, 0.25) is 0 Å². The third-order valence-corrected chi connectivity index (χ3v) is 3.23. The van der Waals surface area contributed by atoms with Gasteiger partial charge in [-0.1, -0.05) is 6.92 Å². The molecule has 16 heavy (non-hydrogen) atoms. The molecule has 0 saturated carbocycles. The lowest BCUT2D eigenvalue weighted by molar-refractivity contribution is -0.144. The van der Waals surface area contributed by atoms with Crippen molar-refractivity contribution in [1.82, 2.24) is 15.5 Å². The largest absolute Gasteiger partial charge is 0.358 e. The molecule has 1 saturated heterocycles. The van der Waals surface area contributed by atoms with E-state index in [0.29, 0.717) is 0 Å². The first-order valence-electron chi connectivity index (χ1n) is 5.66. The normalized spacial score (nSPS) is 18.9. The van der Waals surface area contributed by atoms with Gasteiger partial charge in [0.1, 0.15) is 0 Å². The van der Waals surface area contributed by atoms with Crippen LogP contribution in [0.3, 0.4) is 0 Å². The first-order chi connectivity index (χ1) is 7.49. The Kier molecular flexibility index (Phi) is 4.29. The lowest BCUT2D eigenvalue weighted by Gasteiger charge is -2.35. The van der Waals surface area contributed by atoms with E-state index < -0.39 is 0 Å². The van der Waals surface area contributed by atoms with Crippen LogP contribution in [-0.4, -0.2) is 50.4 Å².